The highest BCUT2D eigenvalue weighted by molar-refractivity contribution is 8.01. The second-order valence-corrected chi connectivity index (χ2v) is 6.15. The van der Waals surface area contributed by atoms with E-state index in [0.29, 0.717) is 5.25 Å². The molecule has 1 atom stereocenters. The van der Waals surface area contributed by atoms with Gasteiger partial charge in [-0.1, -0.05) is 25.3 Å². The molecule has 1 fully saturated rings. The highest BCUT2D eigenvalue weighted by atomic mass is 32.2. The zero-order valence-electron chi connectivity index (χ0n) is 10.4. The molecule has 1 rings (SSSR count). The molecule has 0 unspecified atom stereocenters. The first-order chi connectivity index (χ1) is 7.65. The molecule has 0 radical (unpaired) electrons. The average Bonchev–Trinajstić information content (AvgIpc) is 2.29. The Hall–Kier alpha value is -0.440. The van der Waals surface area contributed by atoms with Gasteiger partial charge in [0.1, 0.15) is 0 Å². The molecule has 92 valence electrons. The lowest BCUT2D eigenvalue weighted by atomic mass is 10.0. The van der Waals surface area contributed by atoms with Crippen LogP contribution in [0, 0.1) is 0 Å². The molecular formula is C13H23NOS. The number of nitrogens with zero attached hydrogens (tertiary/aromatic N) is 1. The van der Waals surface area contributed by atoms with Crippen LogP contribution in [0.25, 0.3) is 0 Å². The zero-order chi connectivity index (χ0) is 12.0. The summed E-state index contributed by atoms with van der Waals surface area (Å²) in [5.41, 5.74) is 0. The van der Waals surface area contributed by atoms with Crippen LogP contribution in [-0.4, -0.2) is 35.4 Å². The Bertz CT molecular complexity index is 234. The molecule has 1 aliphatic carbocycles. The van der Waals surface area contributed by atoms with Crippen LogP contribution in [0.3, 0.4) is 0 Å². The first kappa shape index (κ1) is 13.6. The van der Waals surface area contributed by atoms with Crippen molar-refractivity contribution < 1.29 is 4.79 Å². The summed E-state index contributed by atoms with van der Waals surface area (Å²) < 4.78 is 0. The first-order valence-electron chi connectivity index (χ1n) is 6.12. The predicted molar refractivity (Wildman–Crippen MR) is 71.8 cm³/mol. The molecule has 0 aliphatic heterocycles. The van der Waals surface area contributed by atoms with Gasteiger partial charge in [0.05, 0.1) is 5.25 Å². The van der Waals surface area contributed by atoms with E-state index in [-0.39, 0.29) is 11.2 Å². The van der Waals surface area contributed by atoms with Gasteiger partial charge in [-0.15, -0.1) is 18.3 Å². The van der Waals surface area contributed by atoms with Crippen molar-refractivity contribution in [3.8, 4) is 0 Å². The molecule has 1 amide bonds. The summed E-state index contributed by atoms with van der Waals surface area (Å²) in [4.78, 5) is 13.7. The van der Waals surface area contributed by atoms with E-state index >= 15 is 0 Å². The van der Waals surface area contributed by atoms with Gasteiger partial charge in [-0.3, -0.25) is 4.79 Å². The molecule has 0 N–H and O–H groups in total. The van der Waals surface area contributed by atoms with Crippen LogP contribution in [-0.2, 0) is 4.79 Å². The summed E-state index contributed by atoms with van der Waals surface area (Å²) >= 11 is 1.86. The van der Waals surface area contributed by atoms with Crippen molar-refractivity contribution >= 4 is 17.7 Å². The molecule has 0 bridgehead atoms. The third-order valence-corrected chi connectivity index (χ3v) is 4.58. The van der Waals surface area contributed by atoms with Crippen LogP contribution in [0.4, 0.5) is 0 Å². The minimum atomic E-state index is 0.0793. The maximum atomic E-state index is 12.0. The first-order valence-corrected chi connectivity index (χ1v) is 7.07. The molecule has 1 aliphatic rings. The Morgan fingerprint density at radius 3 is 2.56 bits per heavy atom. The quantitative estimate of drug-likeness (QED) is 0.689. The normalized spacial score (nSPS) is 19.1. The third-order valence-electron chi connectivity index (χ3n) is 3.01. The summed E-state index contributed by atoms with van der Waals surface area (Å²) in [5.74, 6) is 0.232. The number of thioether (sulfide) groups is 1. The Kier molecular flexibility index (Phi) is 5.96. The van der Waals surface area contributed by atoms with E-state index in [1.165, 1.54) is 32.1 Å². The molecule has 0 saturated heterocycles. The Balaban J connectivity index is 2.48. The molecular weight excluding hydrogens is 218 g/mol. The number of carbonyl (C=O) groups excluding carboxylic acids is 1. The van der Waals surface area contributed by atoms with Crippen LogP contribution >= 0.6 is 11.8 Å². The molecule has 0 spiro atoms. The lowest BCUT2D eigenvalue weighted by Crippen LogP contribution is -2.33. The van der Waals surface area contributed by atoms with Crippen LogP contribution in [0.1, 0.15) is 38.5 Å². The van der Waals surface area contributed by atoms with Crippen molar-refractivity contribution in [2.45, 2.75) is 49.0 Å². The van der Waals surface area contributed by atoms with Gasteiger partial charge in [0, 0.05) is 19.3 Å². The van der Waals surface area contributed by atoms with Gasteiger partial charge in [0.15, 0.2) is 0 Å². The van der Waals surface area contributed by atoms with Crippen molar-refractivity contribution in [2.24, 2.45) is 0 Å². The van der Waals surface area contributed by atoms with Crippen molar-refractivity contribution in [2.75, 3.05) is 14.1 Å². The van der Waals surface area contributed by atoms with Gasteiger partial charge in [0.25, 0.3) is 0 Å². The third kappa shape index (κ3) is 4.20. The molecule has 2 nitrogen and oxygen atoms in total. The SMILES string of the molecule is C=CC[C@H](SC1CCCCC1)C(=O)N(C)C. The zero-order valence-corrected chi connectivity index (χ0v) is 11.3. The van der Waals surface area contributed by atoms with E-state index in [2.05, 4.69) is 6.58 Å². The smallest absolute Gasteiger partial charge is 0.235 e. The molecule has 3 heteroatoms. The van der Waals surface area contributed by atoms with E-state index in [9.17, 15) is 4.79 Å². The topological polar surface area (TPSA) is 20.3 Å². The summed E-state index contributed by atoms with van der Waals surface area (Å²) in [5, 5.41) is 0.762. The fourth-order valence-corrected chi connectivity index (χ4v) is 3.73. The number of allylic oxidation sites excluding steroid dienone is 1. The highest BCUT2D eigenvalue weighted by Crippen LogP contribution is 2.32. The molecule has 16 heavy (non-hydrogen) atoms. The molecule has 0 aromatic heterocycles. The maximum absolute atomic E-state index is 12.0. The number of rotatable bonds is 5. The van der Waals surface area contributed by atoms with Gasteiger partial charge in [-0.25, -0.2) is 0 Å². The van der Waals surface area contributed by atoms with Gasteiger partial charge in [-0.2, -0.15) is 0 Å². The van der Waals surface area contributed by atoms with Crippen LogP contribution in [0.5, 0.6) is 0 Å². The van der Waals surface area contributed by atoms with Crippen LogP contribution in [0.2, 0.25) is 0 Å². The number of hydrogen-bond acceptors (Lipinski definition) is 2. The minimum Gasteiger partial charge on any atom is -0.348 e. The summed E-state index contributed by atoms with van der Waals surface area (Å²) in [6.07, 6.45) is 9.23. The lowest BCUT2D eigenvalue weighted by Gasteiger charge is -2.26. The Morgan fingerprint density at radius 2 is 2.06 bits per heavy atom. The molecule has 0 aromatic carbocycles. The lowest BCUT2D eigenvalue weighted by molar-refractivity contribution is -0.128. The monoisotopic (exact) mass is 241 g/mol. The van der Waals surface area contributed by atoms with Gasteiger partial charge < -0.3 is 4.90 Å². The van der Waals surface area contributed by atoms with E-state index in [1.807, 2.05) is 31.9 Å². The summed E-state index contributed by atoms with van der Waals surface area (Å²) in [6.45, 7) is 3.75. The van der Waals surface area contributed by atoms with Crippen molar-refractivity contribution in [3.63, 3.8) is 0 Å². The minimum absolute atomic E-state index is 0.0793. The van der Waals surface area contributed by atoms with Crippen LogP contribution in [0.15, 0.2) is 12.7 Å². The number of amides is 1. The summed E-state index contributed by atoms with van der Waals surface area (Å²) in [6, 6.07) is 0. The van der Waals surface area contributed by atoms with Crippen molar-refractivity contribution in [1.82, 2.24) is 4.90 Å². The fraction of sp³-hybridized carbons (Fsp3) is 0.769. The van der Waals surface area contributed by atoms with E-state index in [4.69, 9.17) is 0 Å². The van der Waals surface area contributed by atoms with Crippen molar-refractivity contribution in [1.29, 1.82) is 0 Å². The van der Waals surface area contributed by atoms with Crippen molar-refractivity contribution in [3.05, 3.63) is 12.7 Å². The van der Waals surface area contributed by atoms with E-state index in [0.717, 1.165) is 6.42 Å². The highest BCUT2D eigenvalue weighted by Gasteiger charge is 2.24. The molecule has 0 aromatic rings. The van der Waals surface area contributed by atoms with Gasteiger partial charge in [-0.05, 0) is 19.3 Å². The van der Waals surface area contributed by atoms with E-state index < -0.39 is 0 Å². The maximum Gasteiger partial charge on any atom is 0.235 e. The fourth-order valence-electron chi connectivity index (χ4n) is 2.09. The second-order valence-electron chi connectivity index (χ2n) is 4.64. The average molecular weight is 241 g/mol. The van der Waals surface area contributed by atoms with Gasteiger partial charge in [0.2, 0.25) is 5.91 Å². The summed E-state index contributed by atoms with van der Waals surface area (Å²) in [7, 11) is 3.67. The Morgan fingerprint density at radius 1 is 1.44 bits per heavy atom. The standard InChI is InChI=1S/C13H23NOS/c1-4-8-12(13(15)14(2)3)16-11-9-6-5-7-10-11/h4,11-12H,1,5-10H2,2-3H3/t12-/m0/s1. The predicted octanol–water partition coefficient (Wildman–Crippen LogP) is 3.09. The Labute approximate surface area is 103 Å². The van der Waals surface area contributed by atoms with Gasteiger partial charge >= 0.3 is 0 Å². The van der Waals surface area contributed by atoms with E-state index in [1.54, 1.807) is 4.90 Å². The largest absolute Gasteiger partial charge is 0.348 e. The molecule has 0 heterocycles. The number of hydrogen-bond donors (Lipinski definition) is 0. The molecule has 1 saturated carbocycles. The number of carbonyl (C=O) groups is 1. The second kappa shape index (κ2) is 7.00. The van der Waals surface area contributed by atoms with Crippen LogP contribution < -0.4 is 0 Å².